The predicted molar refractivity (Wildman–Crippen MR) is 92.9 cm³/mol. The maximum absolute atomic E-state index is 12.3. The molecule has 0 bridgehead atoms. The zero-order chi connectivity index (χ0) is 18.4. The number of sulfone groups is 1. The molecule has 0 spiro atoms. The van der Waals surface area contributed by atoms with Crippen LogP contribution in [0.2, 0.25) is 0 Å². The third kappa shape index (κ3) is 4.59. The first-order chi connectivity index (χ1) is 11.9. The second kappa shape index (κ2) is 7.82. The summed E-state index contributed by atoms with van der Waals surface area (Å²) in [6, 6.07) is 10.1. The third-order valence-electron chi connectivity index (χ3n) is 4.00. The summed E-state index contributed by atoms with van der Waals surface area (Å²) in [7, 11) is -3.06. The van der Waals surface area contributed by atoms with E-state index < -0.39 is 15.7 Å². The molecule has 0 aliphatic carbocycles. The van der Waals surface area contributed by atoms with Gasteiger partial charge < -0.3 is 10.2 Å². The van der Waals surface area contributed by atoms with Crippen LogP contribution in [0.15, 0.2) is 36.0 Å². The largest absolute Gasteiger partial charge is 0.372 e. The molecule has 1 aromatic carbocycles. The molecule has 1 atom stereocenters. The molecule has 0 aromatic heterocycles. The van der Waals surface area contributed by atoms with E-state index in [4.69, 9.17) is 5.26 Å². The molecular weight excluding hydrogens is 340 g/mol. The average molecular weight is 358 g/mol. The van der Waals surface area contributed by atoms with E-state index in [1.54, 1.807) is 29.2 Å². The normalized spacial score (nSPS) is 18.8. The Kier molecular flexibility index (Phi) is 5.79. The van der Waals surface area contributed by atoms with Crippen molar-refractivity contribution in [3.05, 3.63) is 41.6 Å². The van der Waals surface area contributed by atoms with E-state index in [0.717, 1.165) is 0 Å². The molecule has 8 heteroatoms. The van der Waals surface area contributed by atoms with E-state index in [1.165, 1.54) is 6.20 Å². The number of nitrogens with one attached hydrogen (secondary N) is 1. The van der Waals surface area contributed by atoms with Crippen LogP contribution in [0, 0.1) is 22.7 Å². The van der Waals surface area contributed by atoms with E-state index in [9.17, 15) is 18.5 Å². The number of para-hydroxylation sites is 1. The zero-order valence-corrected chi connectivity index (χ0v) is 14.6. The monoisotopic (exact) mass is 358 g/mol. The minimum absolute atomic E-state index is 0.0228. The highest BCUT2D eigenvalue weighted by Gasteiger charge is 2.31. The van der Waals surface area contributed by atoms with Crippen LogP contribution in [0.5, 0.6) is 0 Å². The molecule has 7 nitrogen and oxygen atoms in total. The Morgan fingerprint density at radius 3 is 2.68 bits per heavy atom. The second-order valence-electron chi connectivity index (χ2n) is 5.65. The Labute approximate surface area is 147 Å². The van der Waals surface area contributed by atoms with Crippen LogP contribution in [0.25, 0.3) is 0 Å². The first-order valence-electron chi connectivity index (χ1n) is 7.78. The van der Waals surface area contributed by atoms with E-state index in [1.807, 2.05) is 19.1 Å². The van der Waals surface area contributed by atoms with Crippen LogP contribution < -0.4 is 5.32 Å². The molecule has 130 valence electrons. The highest BCUT2D eigenvalue weighted by Crippen LogP contribution is 2.19. The van der Waals surface area contributed by atoms with Gasteiger partial charge in [0.05, 0.1) is 22.8 Å². The highest BCUT2D eigenvalue weighted by atomic mass is 32.2. The van der Waals surface area contributed by atoms with Crippen LogP contribution in [-0.4, -0.2) is 43.3 Å². The summed E-state index contributed by atoms with van der Waals surface area (Å²) in [5.41, 5.74) is 0.476. The van der Waals surface area contributed by atoms with Crippen molar-refractivity contribution in [2.75, 3.05) is 23.4 Å². The number of hydrogen-bond donors (Lipinski definition) is 1. The van der Waals surface area contributed by atoms with Crippen LogP contribution in [0.4, 0.5) is 5.69 Å². The van der Waals surface area contributed by atoms with Crippen molar-refractivity contribution in [3.8, 4) is 12.1 Å². The number of carbonyl (C=O) groups is 1. The lowest BCUT2D eigenvalue weighted by molar-refractivity contribution is -0.112. The van der Waals surface area contributed by atoms with Gasteiger partial charge in [-0.2, -0.15) is 10.5 Å². The smallest absolute Gasteiger partial charge is 0.267 e. The van der Waals surface area contributed by atoms with Crippen molar-refractivity contribution < 1.29 is 13.2 Å². The van der Waals surface area contributed by atoms with Gasteiger partial charge in [0.1, 0.15) is 17.7 Å². The minimum Gasteiger partial charge on any atom is -0.372 e. The van der Waals surface area contributed by atoms with E-state index in [-0.39, 0.29) is 23.1 Å². The summed E-state index contributed by atoms with van der Waals surface area (Å²) < 4.78 is 23.3. The Hall–Kier alpha value is -2.84. The van der Waals surface area contributed by atoms with Crippen molar-refractivity contribution >= 4 is 21.4 Å². The van der Waals surface area contributed by atoms with Gasteiger partial charge in [0, 0.05) is 18.8 Å². The molecule has 1 unspecified atom stereocenters. The molecule has 1 saturated heterocycles. The summed E-state index contributed by atoms with van der Waals surface area (Å²) in [6.45, 7) is 2.31. The molecule has 1 heterocycles. The van der Waals surface area contributed by atoms with Gasteiger partial charge in [0.15, 0.2) is 9.84 Å². The van der Waals surface area contributed by atoms with Gasteiger partial charge in [-0.3, -0.25) is 4.79 Å². The predicted octanol–water partition coefficient (Wildman–Crippen LogP) is 1.41. The molecule has 1 aromatic rings. The third-order valence-corrected chi connectivity index (χ3v) is 5.75. The maximum Gasteiger partial charge on any atom is 0.267 e. The van der Waals surface area contributed by atoms with Gasteiger partial charge in [-0.25, -0.2) is 8.42 Å². The molecule has 25 heavy (non-hydrogen) atoms. The van der Waals surface area contributed by atoms with Crippen molar-refractivity contribution in [2.24, 2.45) is 0 Å². The fourth-order valence-corrected chi connectivity index (χ4v) is 4.42. The van der Waals surface area contributed by atoms with Crippen molar-refractivity contribution in [1.82, 2.24) is 4.90 Å². The van der Waals surface area contributed by atoms with E-state index >= 15 is 0 Å². The first kappa shape index (κ1) is 18.5. The van der Waals surface area contributed by atoms with Crippen LogP contribution in [-0.2, 0) is 14.6 Å². The number of rotatable bonds is 5. The molecule has 1 aliphatic heterocycles. The lowest BCUT2D eigenvalue weighted by Gasteiger charge is -2.25. The first-order valence-corrected chi connectivity index (χ1v) is 9.61. The van der Waals surface area contributed by atoms with Gasteiger partial charge in [0.25, 0.3) is 5.91 Å². The molecule has 2 rings (SSSR count). The van der Waals surface area contributed by atoms with Gasteiger partial charge in [0.2, 0.25) is 0 Å². The maximum atomic E-state index is 12.3. The summed E-state index contributed by atoms with van der Waals surface area (Å²) in [5, 5.41) is 20.9. The van der Waals surface area contributed by atoms with Gasteiger partial charge in [-0.05, 0) is 25.5 Å². The molecule has 1 aliphatic rings. The summed E-state index contributed by atoms with van der Waals surface area (Å²) in [6.07, 6.45) is 1.88. The molecule has 0 radical (unpaired) electrons. The van der Waals surface area contributed by atoms with Gasteiger partial charge in [-0.15, -0.1) is 0 Å². The number of benzene rings is 1. The van der Waals surface area contributed by atoms with E-state index in [0.29, 0.717) is 24.2 Å². The number of nitrogens with zero attached hydrogens (tertiary/aromatic N) is 3. The Balaban J connectivity index is 2.20. The number of amides is 1. The van der Waals surface area contributed by atoms with Gasteiger partial charge in [-0.1, -0.05) is 12.1 Å². The van der Waals surface area contributed by atoms with E-state index in [2.05, 4.69) is 5.32 Å². The molecule has 1 N–H and O–H groups in total. The fraction of sp³-hybridized carbons (Fsp3) is 0.353. The lowest BCUT2D eigenvalue weighted by atomic mass is 10.1. The SMILES string of the molecule is CCN(/C=C(/C#N)C(=O)Nc1ccccc1C#N)C1CCS(=O)(=O)C1. The van der Waals surface area contributed by atoms with Gasteiger partial charge >= 0.3 is 0 Å². The Bertz CT molecular complexity index is 878. The summed E-state index contributed by atoms with van der Waals surface area (Å²) in [5.74, 6) is -0.495. The number of hydrogen-bond acceptors (Lipinski definition) is 6. The number of anilines is 1. The Morgan fingerprint density at radius 1 is 1.40 bits per heavy atom. The Morgan fingerprint density at radius 2 is 2.12 bits per heavy atom. The van der Waals surface area contributed by atoms with Crippen LogP contribution in [0.3, 0.4) is 0 Å². The topological polar surface area (TPSA) is 114 Å². The molecule has 0 saturated carbocycles. The zero-order valence-electron chi connectivity index (χ0n) is 13.8. The van der Waals surface area contributed by atoms with Crippen LogP contribution in [0.1, 0.15) is 18.9 Å². The van der Waals surface area contributed by atoms with Crippen LogP contribution >= 0.6 is 0 Å². The average Bonchev–Trinajstić information content (AvgIpc) is 2.96. The van der Waals surface area contributed by atoms with Crippen molar-refractivity contribution in [2.45, 2.75) is 19.4 Å². The number of nitriles is 2. The molecular formula is C17H18N4O3S. The summed E-state index contributed by atoms with van der Waals surface area (Å²) in [4.78, 5) is 14.1. The second-order valence-corrected chi connectivity index (χ2v) is 7.88. The fourth-order valence-electron chi connectivity index (χ4n) is 2.68. The standard InChI is InChI=1S/C17H18N4O3S/c1-2-21(15-7-8-25(23,24)12-15)11-14(10-19)17(22)20-16-6-4-3-5-13(16)9-18/h3-6,11,15H,2,7-8,12H2,1H3,(H,20,22)/b14-11-. The lowest BCUT2D eigenvalue weighted by Crippen LogP contribution is -2.32. The summed E-state index contributed by atoms with van der Waals surface area (Å²) >= 11 is 0. The quantitative estimate of drug-likeness (QED) is 0.629. The highest BCUT2D eigenvalue weighted by molar-refractivity contribution is 7.91. The molecule has 1 amide bonds. The number of carbonyl (C=O) groups excluding carboxylic acids is 1. The molecule has 1 fully saturated rings. The van der Waals surface area contributed by atoms with Crippen molar-refractivity contribution in [1.29, 1.82) is 10.5 Å². The van der Waals surface area contributed by atoms with Crippen molar-refractivity contribution in [3.63, 3.8) is 0 Å². The minimum atomic E-state index is -3.06.